The Balaban J connectivity index is 2.12. The summed E-state index contributed by atoms with van der Waals surface area (Å²) in [6.07, 6.45) is 9.63. The fourth-order valence-electron chi connectivity index (χ4n) is 5.67. The van der Waals surface area contributed by atoms with E-state index in [2.05, 4.69) is 18.2 Å². The summed E-state index contributed by atoms with van der Waals surface area (Å²) in [6.45, 7) is 4.03. The van der Waals surface area contributed by atoms with Gasteiger partial charge in [-0.3, -0.25) is 5.41 Å². The highest BCUT2D eigenvalue weighted by molar-refractivity contribution is 5.89. The Morgan fingerprint density at radius 2 is 1.55 bits per heavy atom. The Hall–Kier alpha value is -2.10. The molecule has 156 valence electrons. The van der Waals surface area contributed by atoms with Gasteiger partial charge in [-0.2, -0.15) is 15.8 Å². The van der Waals surface area contributed by atoms with E-state index in [0.717, 1.165) is 38.5 Å². The van der Waals surface area contributed by atoms with Gasteiger partial charge >= 0.3 is 0 Å². The molecule has 0 amide bonds. The SMILES string of the molecule is CC(C)CC1OC23CCCCCCCCCCC2C(C#N)(C(=N)O3)C1(C#N)C#N. The van der Waals surface area contributed by atoms with Crippen LogP contribution in [0, 0.1) is 62.1 Å². The Morgan fingerprint density at radius 1 is 0.966 bits per heavy atom. The van der Waals surface area contributed by atoms with Crippen molar-refractivity contribution < 1.29 is 9.47 Å². The molecule has 6 nitrogen and oxygen atoms in total. The van der Waals surface area contributed by atoms with Gasteiger partial charge in [0.1, 0.15) is 0 Å². The molecule has 2 saturated heterocycles. The highest BCUT2D eigenvalue weighted by atomic mass is 16.7. The number of hydrogen-bond acceptors (Lipinski definition) is 6. The van der Waals surface area contributed by atoms with Gasteiger partial charge in [0.15, 0.2) is 10.8 Å². The molecular weight excluding hydrogens is 364 g/mol. The fraction of sp³-hybridized carbons (Fsp3) is 0.826. The van der Waals surface area contributed by atoms with Gasteiger partial charge in [-0.05, 0) is 25.2 Å². The molecule has 0 spiro atoms. The van der Waals surface area contributed by atoms with Crippen LogP contribution in [-0.2, 0) is 9.47 Å². The average molecular weight is 397 g/mol. The van der Waals surface area contributed by atoms with Crippen LogP contribution in [0.4, 0.5) is 0 Å². The minimum Gasteiger partial charge on any atom is -0.447 e. The highest BCUT2D eigenvalue weighted by Crippen LogP contribution is 2.65. The van der Waals surface area contributed by atoms with Crippen LogP contribution in [0.1, 0.15) is 84.5 Å². The van der Waals surface area contributed by atoms with Crippen molar-refractivity contribution >= 4 is 5.90 Å². The second kappa shape index (κ2) is 8.33. The van der Waals surface area contributed by atoms with Crippen molar-refractivity contribution in [1.82, 2.24) is 0 Å². The maximum Gasteiger partial charge on any atom is 0.217 e. The van der Waals surface area contributed by atoms with Gasteiger partial charge < -0.3 is 9.47 Å². The van der Waals surface area contributed by atoms with E-state index in [0.29, 0.717) is 19.3 Å². The van der Waals surface area contributed by atoms with Gasteiger partial charge in [0.25, 0.3) is 0 Å². The Labute approximate surface area is 174 Å². The predicted octanol–water partition coefficient (Wildman–Crippen LogP) is 5.21. The van der Waals surface area contributed by atoms with Crippen LogP contribution >= 0.6 is 0 Å². The van der Waals surface area contributed by atoms with Gasteiger partial charge in [0, 0.05) is 6.42 Å². The van der Waals surface area contributed by atoms with Crippen LogP contribution in [0.25, 0.3) is 0 Å². The van der Waals surface area contributed by atoms with Crippen LogP contribution in [0.3, 0.4) is 0 Å². The van der Waals surface area contributed by atoms with E-state index in [4.69, 9.17) is 14.9 Å². The van der Waals surface area contributed by atoms with Crippen LogP contribution in [-0.4, -0.2) is 17.8 Å². The van der Waals surface area contributed by atoms with E-state index >= 15 is 0 Å². The van der Waals surface area contributed by atoms with Crippen molar-refractivity contribution in [2.75, 3.05) is 0 Å². The molecule has 0 radical (unpaired) electrons. The quantitative estimate of drug-likeness (QED) is 0.688. The normalized spacial score (nSPS) is 37.0. The van der Waals surface area contributed by atoms with Gasteiger partial charge in [-0.25, -0.2) is 0 Å². The first kappa shape index (κ1) is 21.6. The second-order valence-corrected chi connectivity index (χ2v) is 9.35. The minimum absolute atomic E-state index is 0.185. The van der Waals surface area contributed by atoms with E-state index in [9.17, 15) is 15.8 Å². The smallest absolute Gasteiger partial charge is 0.217 e. The summed E-state index contributed by atoms with van der Waals surface area (Å²) in [5.74, 6) is -1.59. The van der Waals surface area contributed by atoms with Crippen molar-refractivity contribution in [1.29, 1.82) is 21.2 Å². The van der Waals surface area contributed by atoms with Crippen molar-refractivity contribution in [3.05, 3.63) is 0 Å². The Kier molecular flexibility index (Phi) is 6.21. The van der Waals surface area contributed by atoms with Gasteiger partial charge in [-0.15, -0.1) is 0 Å². The Bertz CT molecular complexity index is 744. The summed E-state index contributed by atoms with van der Waals surface area (Å²) >= 11 is 0. The topological polar surface area (TPSA) is 114 Å². The summed E-state index contributed by atoms with van der Waals surface area (Å²) in [5, 5.41) is 39.4. The maximum absolute atomic E-state index is 10.4. The monoisotopic (exact) mass is 396 g/mol. The molecular formula is C23H32N4O2. The fourth-order valence-corrected chi connectivity index (χ4v) is 5.67. The van der Waals surface area contributed by atoms with Gasteiger partial charge in [-0.1, -0.05) is 58.8 Å². The van der Waals surface area contributed by atoms with Crippen LogP contribution < -0.4 is 0 Å². The lowest BCUT2D eigenvalue weighted by molar-refractivity contribution is -0.287. The summed E-state index contributed by atoms with van der Waals surface area (Å²) in [7, 11) is 0. The number of hydrogen-bond donors (Lipinski definition) is 1. The van der Waals surface area contributed by atoms with E-state index in [-0.39, 0.29) is 11.8 Å². The third-order valence-electron chi connectivity index (χ3n) is 7.12. The molecule has 1 saturated carbocycles. The van der Waals surface area contributed by atoms with Crippen LogP contribution in [0.5, 0.6) is 0 Å². The van der Waals surface area contributed by atoms with Crippen molar-refractivity contribution in [2.24, 2.45) is 22.7 Å². The second-order valence-electron chi connectivity index (χ2n) is 9.35. The van der Waals surface area contributed by atoms with E-state index < -0.39 is 28.6 Å². The zero-order valence-corrected chi connectivity index (χ0v) is 17.7. The maximum atomic E-state index is 10.4. The zero-order valence-electron chi connectivity index (χ0n) is 17.7. The number of nitriles is 3. The third-order valence-corrected chi connectivity index (χ3v) is 7.12. The molecule has 4 unspecified atom stereocenters. The lowest BCUT2D eigenvalue weighted by Gasteiger charge is -2.50. The van der Waals surface area contributed by atoms with Crippen LogP contribution in [0.15, 0.2) is 0 Å². The molecule has 2 bridgehead atoms. The van der Waals surface area contributed by atoms with Gasteiger partial charge in [0.2, 0.25) is 11.7 Å². The first-order chi connectivity index (χ1) is 13.9. The molecule has 6 heteroatoms. The highest BCUT2D eigenvalue weighted by Gasteiger charge is 2.79. The number of nitrogens with zero attached hydrogens (tertiary/aromatic N) is 3. The molecule has 1 aliphatic carbocycles. The molecule has 0 aromatic rings. The summed E-state index contributed by atoms with van der Waals surface area (Å²) in [5.41, 5.74) is -3.30. The van der Waals surface area contributed by atoms with E-state index in [1.807, 2.05) is 13.8 Å². The molecule has 3 rings (SSSR count). The zero-order chi connectivity index (χ0) is 21.1. The molecule has 4 atom stereocenters. The standard InChI is InChI=1S/C23H32N4O2/c1-17(2)13-19-21(14-24,15-25)22(16-26)18-11-9-7-5-3-4-6-8-10-12-23(18,28-19)29-20(22)27/h17-19,27H,3-13H2,1-2H3. The minimum atomic E-state index is -1.73. The van der Waals surface area contributed by atoms with Crippen molar-refractivity contribution in [3.63, 3.8) is 0 Å². The molecule has 2 heterocycles. The van der Waals surface area contributed by atoms with E-state index in [1.54, 1.807) is 0 Å². The lowest BCUT2D eigenvalue weighted by atomic mass is 9.52. The molecule has 0 aromatic carbocycles. The molecule has 3 fully saturated rings. The largest absolute Gasteiger partial charge is 0.447 e. The number of rotatable bonds is 2. The summed E-state index contributed by atoms with van der Waals surface area (Å²) in [4.78, 5) is 0. The first-order valence-electron chi connectivity index (χ1n) is 11.1. The van der Waals surface area contributed by atoms with Crippen molar-refractivity contribution in [2.45, 2.75) is 96.4 Å². The average Bonchev–Trinajstić information content (AvgIpc) is 2.86. The van der Waals surface area contributed by atoms with Gasteiger partial charge in [0.05, 0.1) is 30.2 Å². The molecule has 1 N–H and O–H groups in total. The summed E-state index contributed by atoms with van der Waals surface area (Å²) in [6, 6.07) is 6.60. The molecule has 29 heavy (non-hydrogen) atoms. The third kappa shape index (κ3) is 3.21. The van der Waals surface area contributed by atoms with Crippen LogP contribution in [0.2, 0.25) is 0 Å². The predicted molar refractivity (Wildman–Crippen MR) is 107 cm³/mol. The molecule has 3 aliphatic rings. The number of ether oxygens (including phenoxy) is 2. The molecule has 0 aromatic heterocycles. The number of nitrogens with one attached hydrogen (secondary N) is 1. The van der Waals surface area contributed by atoms with Crippen molar-refractivity contribution in [3.8, 4) is 18.2 Å². The lowest BCUT2D eigenvalue weighted by Crippen LogP contribution is -2.62. The van der Waals surface area contributed by atoms with E-state index in [1.165, 1.54) is 12.8 Å². The Morgan fingerprint density at radius 3 is 2.10 bits per heavy atom. The first-order valence-corrected chi connectivity index (χ1v) is 11.1. The summed E-state index contributed by atoms with van der Waals surface area (Å²) < 4.78 is 12.6. The molecule has 2 aliphatic heterocycles.